The highest BCUT2D eigenvalue weighted by Gasteiger charge is 2.45. The fourth-order valence-corrected chi connectivity index (χ4v) is 4.38. The Labute approximate surface area is 239 Å². The van der Waals surface area contributed by atoms with Crippen LogP contribution in [0, 0.1) is 6.92 Å². The Morgan fingerprint density at radius 2 is 1.90 bits per heavy atom. The van der Waals surface area contributed by atoms with E-state index in [1.165, 1.54) is 0 Å². The predicted molar refractivity (Wildman–Crippen MR) is 149 cm³/mol. The standard InChI is InChI=1S/C28H44N4O9/c1-15(2)21-19(25(32-31-21)41-26-24(37)23(36)22(35)20(13-33)40-26)12-17-7-8-18(11-16(17)3)39-10-6-9-29-27(38)30-28(4,5)14-34/h7-8,11,15,20,22-24,26,33-37H,6,9-10,12-14H2,1-5H3,(H,31,32)(H2,29,30,38)/t20-,22+,23+,24-,26+/m1/s1. The van der Waals surface area contributed by atoms with Crippen molar-refractivity contribution in [2.24, 2.45) is 0 Å². The van der Waals surface area contributed by atoms with Crippen LogP contribution in [0.25, 0.3) is 0 Å². The summed E-state index contributed by atoms with van der Waals surface area (Å²) in [5, 5.41) is 62.0. The average molecular weight is 581 g/mol. The lowest BCUT2D eigenvalue weighted by atomic mass is 9.96. The molecule has 3 rings (SSSR count). The number of aryl methyl sites for hydroxylation is 1. The highest BCUT2D eigenvalue weighted by molar-refractivity contribution is 5.74. The summed E-state index contributed by atoms with van der Waals surface area (Å²) in [6, 6.07) is 5.38. The number of hydrogen-bond acceptors (Lipinski definition) is 10. The molecule has 1 fully saturated rings. The number of nitrogens with one attached hydrogen (secondary N) is 3. The van der Waals surface area contributed by atoms with E-state index in [4.69, 9.17) is 14.2 Å². The van der Waals surface area contributed by atoms with E-state index in [1.54, 1.807) is 13.8 Å². The second-order valence-corrected chi connectivity index (χ2v) is 11.3. The van der Waals surface area contributed by atoms with Crippen molar-refractivity contribution in [3.05, 3.63) is 40.6 Å². The molecule has 230 valence electrons. The molecule has 1 aliphatic rings. The highest BCUT2D eigenvalue weighted by Crippen LogP contribution is 2.32. The first-order chi connectivity index (χ1) is 19.4. The smallest absolute Gasteiger partial charge is 0.315 e. The number of aliphatic hydroxyl groups excluding tert-OH is 5. The van der Waals surface area contributed by atoms with Gasteiger partial charge in [0.1, 0.15) is 30.2 Å². The van der Waals surface area contributed by atoms with Gasteiger partial charge in [-0.3, -0.25) is 5.10 Å². The summed E-state index contributed by atoms with van der Waals surface area (Å²) in [5.74, 6) is 0.959. The minimum Gasteiger partial charge on any atom is -0.494 e. The first-order valence-electron chi connectivity index (χ1n) is 13.8. The minimum absolute atomic E-state index is 0.0814. The Kier molecular flexibility index (Phi) is 11.4. The summed E-state index contributed by atoms with van der Waals surface area (Å²) in [7, 11) is 0. The minimum atomic E-state index is -1.56. The van der Waals surface area contributed by atoms with Gasteiger partial charge < -0.3 is 50.4 Å². The van der Waals surface area contributed by atoms with E-state index in [-0.39, 0.29) is 24.4 Å². The molecule has 2 amide bonds. The molecule has 13 nitrogen and oxygen atoms in total. The molecule has 5 atom stereocenters. The molecule has 2 heterocycles. The molecule has 41 heavy (non-hydrogen) atoms. The number of carbonyl (C=O) groups is 1. The molecule has 0 unspecified atom stereocenters. The van der Waals surface area contributed by atoms with Crippen LogP contribution < -0.4 is 20.1 Å². The van der Waals surface area contributed by atoms with Gasteiger partial charge in [0, 0.05) is 24.2 Å². The van der Waals surface area contributed by atoms with Crippen LogP contribution in [0.2, 0.25) is 0 Å². The molecule has 0 saturated carbocycles. The number of aliphatic hydroxyl groups is 5. The largest absolute Gasteiger partial charge is 0.494 e. The molecule has 0 radical (unpaired) electrons. The van der Waals surface area contributed by atoms with Crippen LogP contribution >= 0.6 is 0 Å². The maximum Gasteiger partial charge on any atom is 0.315 e. The Hall–Kier alpha value is -2.94. The van der Waals surface area contributed by atoms with Crippen LogP contribution in [0.1, 0.15) is 62.4 Å². The van der Waals surface area contributed by atoms with Crippen LogP contribution in [-0.2, 0) is 11.2 Å². The zero-order valence-corrected chi connectivity index (χ0v) is 24.3. The molecule has 2 aromatic rings. The molecular formula is C28H44N4O9. The molecule has 0 aliphatic carbocycles. The molecule has 1 saturated heterocycles. The lowest BCUT2D eigenvalue weighted by Crippen LogP contribution is -2.60. The number of hydrogen-bond donors (Lipinski definition) is 8. The summed E-state index contributed by atoms with van der Waals surface area (Å²) >= 11 is 0. The van der Waals surface area contributed by atoms with Gasteiger partial charge in [-0.05, 0) is 56.4 Å². The van der Waals surface area contributed by atoms with Crippen LogP contribution in [0.3, 0.4) is 0 Å². The molecule has 1 aromatic carbocycles. The van der Waals surface area contributed by atoms with Crippen LogP contribution in [-0.4, -0.2) is 104 Å². The molecule has 0 spiro atoms. The lowest BCUT2D eigenvalue weighted by molar-refractivity contribution is -0.278. The van der Waals surface area contributed by atoms with E-state index < -0.39 is 42.9 Å². The van der Waals surface area contributed by atoms with Gasteiger partial charge in [-0.15, -0.1) is 5.10 Å². The molecule has 13 heteroatoms. The van der Waals surface area contributed by atoms with Crippen molar-refractivity contribution >= 4 is 6.03 Å². The van der Waals surface area contributed by atoms with Crippen LogP contribution in [0.15, 0.2) is 18.2 Å². The number of rotatable bonds is 13. The summed E-state index contributed by atoms with van der Waals surface area (Å²) in [6.07, 6.45) is -5.97. The van der Waals surface area contributed by atoms with E-state index in [2.05, 4.69) is 20.8 Å². The number of urea groups is 1. The van der Waals surface area contributed by atoms with Crippen LogP contribution in [0.5, 0.6) is 11.6 Å². The number of carbonyl (C=O) groups excluding carboxylic acids is 1. The zero-order valence-electron chi connectivity index (χ0n) is 24.3. The monoisotopic (exact) mass is 580 g/mol. The van der Waals surface area contributed by atoms with E-state index in [0.717, 1.165) is 22.4 Å². The molecule has 1 aromatic heterocycles. The van der Waals surface area contributed by atoms with Crippen molar-refractivity contribution in [2.45, 2.75) is 89.6 Å². The normalized spacial score (nSPS) is 23.0. The van der Waals surface area contributed by atoms with Gasteiger partial charge in [-0.2, -0.15) is 0 Å². The Balaban J connectivity index is 1.62. The third-order valence-electron chi connectivity index (χ3n) is 6.92. The van der Waals surface area contributed by atoms with Gasteiger partial charge in [0.25, 0.3) is 0 Å². The SMILES string of the molecule is Cc1cc(OCCCNC(=O)NC(C)(C)CO)ccc1Cc1c(O[C@@H]2O[C@H](CO)[C@H](O)[C@H](O)[C@H]2O)n[nH]c1C(C)C. The summed E-state index contributed by atoms with van der Waals surface area (Å²) in [6.45, 7) is 9.53. The Bertz CT molecular complexity index is 1140. The topological polar surface area (TPSA) is 199 Å². The number of aromatic nitrogens is 2. The fraction of sp³-hybridized carbons (Fsp3) is 0.643. The molecule has 8 N–H and O–H groups in total. The van der Waals surface area contributed by atoms with E-state index in [9.17, 15) is 30.3 Å². The number of nitrogens with zero attached hydrogens (tertiary/aromatic N) is 1. The number of benzene rings is 1. The summed E-state index contributed by atoms with van der Waals surface area (Å²) in [4.78, 5) is 11.9. The summed E-state index contributed by atoms with van der Waals surface area (Å²) < 4.78 is 17.2. The van der Waals surface area contributed by atoms with Gasteiger partial charge >= 0.3 is 6.03 Å². The fourth-order valence-electron chi connectivity index (χ4n) is 4.38. The third kappa shape index (κ3) is 8.53. The van der Waals surface area contributed by atoms with Crippen molar-refractivity contribution in [2.75, 3.05) is 26.4 Å². The number of aromatic amines is 1. The Morgan fingerprint density at radius 3 is 2.54 bits per heavy atom. The van der Waals surface area contributed by atoms with Crippen molar-refractivity contribution in [1.29, 1.82) is 0 Å². The maximum atomic E-state index is 11.9. The van der Waals surface area contributed by atoms with E-state index in [0.29, 0.717) is 31.7 Å². The number of H-pyrrole nitrogens is 1. The van der Waals surface area contributed by atoms with E-state index >= 15 is 0 Å². The molecule has 1 aliphatic heterocycles. The molecular weight excluding hydrogens is 536 g/mol. The second kappa shape index (κ2) is 14.3. The zero-order chi connectivity index (χ0) is 30.3. The second-order valence-electron chi connectivity index (χ2n) is 11.3. The van der Waals surface area contributed by atoms with Crippen molar-refractivity contribution in [1.82, 2.24) is 20.8 Å². The number of amides is 2. The van der Waals surface area contributed by atoms with Gasteiger partial charge in [0.05, 0.1) is 25.4 Å². The Morgan fingerprint density at radius 1 is 1.17 bits per heavy atom. The van der Waals surface area contributed by atoms with E-state index in [1.807, 2.05) is 39.0 Å². The predicted octanol–water partition coefficient (Wildman–Crippen LogP) is 0.450. The third-order valence-corrected chi connectivity index (χ3v) is 6.92. The van der Waals surface area contributed by atoms with Gasteiger partial charge in [0.15, 0.2) is 0 Å². The highest BCUT2D eigenvalue weighted by atomic mass is 16.7. The van der Waals surface area contributed by atoms with Crippen molar-refractivity contribution in [3.8, 4) is 11.6 Å². The quantitative estimate of drug-likeness (QED) is 0.154. The van der Waals surface area contributed by atoms with Crippen molar-refractivity contribution in [3.63, 3.8) is 0 Å². The van der Waals surface area contributed by atoms with Gasteiger partial charge in [0.2, 0.25) is 12.2 Å². The first kappa shape index (κ1) is 32.6. The van der Waals surface area contributed by atoms with Gasteiger partial charge in [-0.1, -0.05) is 19.9 Å². The van der Waals surface area contributed by atoms with Crippen molar-refractivity contribution < 1.29 is 44.5 Å². The molecule has 0 bridgehead atoms. The average Bonchev–Trinajstić information content (AvgIpc) is 3.32. The van der Waals surface area contributed by atoms with Gasteiger partial charge in [-0.25, -0.2) is 4.79 Å². The van der Waals surface area contributed by atoms with Crippen LogP contribution in [0.4, 0.5) is 4.79 Å². The summed E-state index contributed by atoms with van der Waals surface area (Å²) in [5.41, 5.74) is 2.86. The maximum absolute atomic E-state index is 11.9. The first-order valence-corrected chi connectivity index (χ1v) is 13.8. The lowest BCUT2D eigenvalue weighted by Gasteiger charge is -2.39. The number of ether oxygens (including phenoxy) is 3.